The molecule has 0 saturated carbocycles. The van der Waals surface area contributed by atoms with Gasteiger partial charge >= 0.3 is 0 Å². The van der Waals surface area contributed by atoms with Crippen LogP contribution in [0.1, 0.15) is 12.0 Å². The summed E-state index contributed by atoms with van der Waals surface area (Å²) in [5.74, 6) is -0.0439. The van der Waals surface area contributed by atoms with Gasteiger partial charge in [-0.3, -0.25) is 9.59 Å². The van der Waals surface area contributed by atoms with Gasteiger partial charge in [0.25, 0.3) is 0 Å². The van der Waals surface area contributed by atoms with E-state index in [1.165, 1.54) is 4.90 Å². The number of rotatable bonds is 6. The molecule has 0 radical (unpaired) electrons. The van der Waals surface area contributed by atoms with E-state index >= 15 is 0 Å². The smallest absolute Gasteiger partial charge is 0.222 e. The Balaban J connectivity index is 2.23. The van der Waals surface area contributed by atoms with Crippen molar-refractivity contribution in [2.75, 3.05) is 13.6 Å². The molecule has 0 heterocycles. The van der Waals surface area contributed by atoms with Crippen LogP contribution in [0.2, 0.25) is 0 Å². The molecule has 2 amide bonds. The summed E-state index contributed by atoms with van der Waals surface area (Å²) in [5.41, 5.74) is 1.07. The Bertz CT molecular complexity index is 338. The van der Waals surface area contributed by atoms with Crippen molar-refractivity contribution in [1.29, 1.82) is 0 Å². The zero-order valence-electron chi connectivity index (χ0n) is 9.35. The van der Waals surface area contributed by atoms with Crippen LogP contribution in [0, 0.1) is 0 Å². The molecule has 0 bridgehead atoms. The summed E-state index contributed by atoms with van der Waals surface area (Å²) >= 11 is 0. The van der Waals surface area contributed by atoms with E-state index in [2.05, 4.69) is 5.32 Å². The van der Waals surface area contributed by atoms with Gasteiger partial charge in [0.1, 0.15) is 0 Å². The summed E-state index contributed by atoms with van der Waals surface area (Å²) in [6.07, 6.45) is 1.05. The lowest BCUT2D eigenvalue weighted by Crippen LogP contribution is -2.27. The van der Waals surface area contributed by atoms with Crippen LogP contribution in [-0.2, 0) is 16.1 Å². The molecule has 0 aliphatic heterocycles. The molecule has 16 heavy (non-hydrogen) atoms. The molecule has 86 valence electrons. The average molecular weight is 220 g/mol. The second-order valence-electron chi connectivity index (χ2n) is 3.60. The predicted octanol–water partition coefficient (Wildman–Crippen LogP) is 0.781. The normalized spacial score (nSPS) is 9.56. The van der Waals surface area contributed by atoms with Crippen molar-refractivity contribution in [2.24, 2.45) is 0 Å². The topological polar surface area (TPSA) is 49.4 Å². The van der Waals surface area contributed by atoms with Gasteiger partial charge in [0, 0.05) is 26.6 Å². The number of hydrogen-bond donors (Lipinski definition) is 1. The van der Waals surface area contributed by atoms with E-state index in [0.717, 1.165) is 5.56 Å². The van der Waals surface area contributed by atoms with Gasteiger partial charge in [0.15, 0.2) is 0 Å². The van der Waals surface area contributed by atoms with E-state index < -0.39 is 0 Å². The monoisotopic (exact) mass is 220 g/mol. The van der Waals surface area contributed by atoms with Crippen molar-refractivity contribution in [1.82, 2.24) is 10.2 Å². The summed E-state index contributed by atoms with van der Waals surface area (Å²) in [6.45, 7) is 0.981. The maximum Gasteiger partial charge on any atom is 0.222 e. The summed E-state index contributed by atoms with van der Waals surface area (Å²) < 4.78 is 0. The number of carbonyl (C=O) groups excluding carboxylic acids is 2. The fourth-order valence-electron chi connectivity index (χ4n) is 1.22. The highest BCUT2D eigenvalue weighted by Crippen LogP contribution is 1.97. The molecule has 0 fully saturated rings. The second kappa shape index (κ2) is 6.61. The minimum absolute atomic E-state index is 0.0439. The highest BCUT2D eigenvalue weighted by atomic mass is 16.2. The zero-order chi connectivity index (χ0) is 11.8. The number of nitrogens with zero attached hydrogens (tertiary/aromatic N) is 1. The molecule has 1 N–H and O–H groups in total. The van der Waals surface area contributed by atoms with Crippen LogP contribution in [0.5, 0.6) is 0 Å². The highest BCUT2D eigenvalue weighted by Gasteiger charge is 2.02. The summed E-state index contributed by atoms with van der Waals surface area (Å²) in [6, 6.07) is 9.71. The first-order valence-electron chi connectivity index (χ1n) is 5.18. The zero-order valence-corrected chi connectivity index (χ0v) is 9.35. The lowest BCUT2D eigenvalue weighted by molar-refractivity contribution is -0.122. The van der Waals surface area contributed by atoms with Gasteiger partial charge in [-0.2, -0.15) is 0 Å². The van der Waals surface area contributed by atoms with Crippen LogP contribution >= 0.6 is 0 Å². The third-order valence-corrected chi connectivity index (χ3v) is 2.20. The number of nitrogens with one attached hydrogen (secondary N) is 1. The van der Waals surface area contributed by atoms with E-state index in [-0.39, 0.29) is 5.91 Å². The Hall–Kier alpha value is -1.84. The Morgan fingerprint density at radius 1 is 1.38 bits per heavy atom. The molecule has 0 unspecified atom stereocenters. The predicted molar refractivity (Wildman–Crippen MR) is 61.6 cm³/mol. The fourth-order valence-corrected chi connectivity index (χ4v) is 1.22. The molecule has 1 aromatic rings. The van der Waals surface area contributed by atoms with Gasteiger partial charge < -0.3 is 10.2 Å². The standard InChI is InChI=1S/C12H16N2O2/c1-14(10-15)8-7-12(16)13-9-11-5-3-2-4-6-11/h2-6,10H,7-9H2,1H3,(H,13,16). The lowest BCUT2D eigenvalue weighted by Gasteiger charge is -2.10. The Labute approximate surface area is 95.3 Å². The number of benzene rings is 1. The van der Waals surface area contributed by atoms with Gasteiger partial charge in [-0.15, -0.1) is 0 Å². The van der Waals surface area contributed by atoms with Crippen molar-refractivity contribution in [3.05, 3.63) is 35.9 Å². The molecule has 0 spiro atoms. The van der Waals surface area contributed by atoms with Crippen LogP contribution in [0.15, 0.2) is 30.3 Å². The number of carbonyl (C=O) groups is 2. The largest absolute Gasteiger partial charge is 0.352 e. The molecule has 0 aliphatic rings. The Morgan fingerprint density at radius 2 is 2.06 bits per heavy atom. The van der Waals surface area contributed by atoms with E-state index in [4.69, 9.17) is 0 Å². The fraction of sp³-hybridized carbons (Fsp3) is 0.333. The first-order chi connectivity index (χ1) is 7.72. The van der Waals surface area contributed by atoms with Crippen molar-refractivity contribution in [2.45, 2.75) is 13.0 Å². The molecular weight excluding hydrogens is 204 g/mol. The van der Waals surface area contributed by atoms with Crippen molar-refractivity contribution >= 4 is 12.3 Å². The third-order valence-electron chi connectivity index (χ3n) is 2.20. The first kappa shape index (κ1) is 12.2. The average Bonchev–Trinajstić information content (AvgIpc) is 2.34. The highest BCUT2D eigenvalue weighted by molar-refractivity contribution is 5.76. The minimum atomic E-state index is -0.0439. The van der Waals surface area contributed by atoms with Crippen LogP contribution in [0.4, 0.5) is 0 Å². The minimum Gasteiger partial charge on any atom is -0.352 e. The van der Waals surface area contributed by atoms with Crippen LogP contribution in [0.25, 0.3) is 0 Å². The van der Waals surface area contributed by atoms with E-state index in [1.54, 1.807) is 7.05 Å². The number of amides is 2. The molecule has 1 rings (SSSR count). The van der Waals surface area contributed by atoms with Crippen molar-refractivity contribution < 1.29 is 9.59 Å². The summed E-state index contributed by atoms with van der Waals surface area (Å²) in [4.78, 5) is 23.1. The van der Waals surface area contributed by atoms with E-state index in [1.807, 2.05) is 30.3 Å². The maximum atomic E-state index is 11.4. The molecular formula is C12H16N2O2. The summed E-state index contributed by atoms with van der Waals surface area (Å²) in [7, 11) is 1.65. The Morgan fingerprint density at radius 3 is 2.69 bits per heavy atom. The van der Waals surface area contributed by atoms with Crippen molar-refractivity contribution in [3.8, 4) is 0 Å². The van der Waals surface area contributed by atoms with Gasteiger partial charge in [0.05, 0.1) is 0 Å². The van der Waals surface area contributed by atoms with Gasteiger partial charge in [-0.05, 0) is 5.56 Å². The molecule has 4 nitrogen and oxygen atoms in total. The lowest BCUT2D eigenvalue weighted by atomic mass is 10.2. The maximum absolute atomic E-state index is 11.4. The number of hydrogen-bond acceptors (Lipinski definition) is 2. The molecule has 0 atom stereocenters. The first-order valence-corrected chi connectivity index (χ1v) is 5.18. The van der Waals surface area contributed by atoms with Crippen LogP contribution in [-0.4, -0.2) is 30.8 Å². The quantitative estimate of drug-likeness (QED) is 0.720. The van der Waals surface area contributed by atoms with Gasteiger partial charge in [0.2, 0.25) is 12.3 Å². The molecule has 4 heteroatoms. The summed E-state index contributed by atoms with van der Waals surface area (Å²) in [5, 5.41) is 2.80. The van der Waals surface area contributed by atoms with Crippen LogP contribution < -0.4 is 5.32 Å². The molecule has 1 aromatic carbocycles. The van der Waals surface area contributed by atoms with Gasteiger partial charge in [-0.1, -0.05) is 30.3 Å². The van der Waals surface area contributed by atoms with Gasteiger partial charge in [-0.25, -0.2) is 0 Å². The third kappa shape index (κ3) is 4.59. The SMILES string of the molecule is CN(C=O)CCC(=O)NCc1ccccc1. The Kier molecular flexibility index (Phi) is 5.05. The molecule has 0 saturated heterocycles. The molecule has 0 aromatic heterocycles. The van der Waals surface area contributed by atoms with Crippen LogP contribution in [0.3, 0.4) is 0 Å². The van der Waals surface area contributed by atoms with E-state index in [0.29, 0.717) is 25.9 Å². The molecule has 0 aliphatic carbocycles. The second-order valence-corrected chi connectivity index (χ2v) is 3.60. The van der Waals surface area contributed by atoms with Crippen molar-refractivity contribution in [3.63, 3.8) is 0 Å². The van der Waals surface area contributed by atoms with E-state index in [9.17, 15) is 9.59 Å².